The maximum absolute atomic E-state index is 3.79. The number of hydrogen-bond donors (Lipinski definition) is 1. The molecule has 0 saturated carbocycles. The van der Waals surface area contributed by atoms with Gasteiger partial charge in [0.25, 0.3) is 0 Å². The quantitative estimate of drug-likeness (QED) is 0.644. The van der Waals surface area contributed by atoms with Crippen molar-refractivity contribution < 1.29 is 0 Å². The average Bonchev–Trinajstić information content (AvgIpc) is 3.10. The lowest BCUT2D eigenvalue weighted by Gasteiger charge is -2.23. The largest absolute Gasteiger partial charge is 0.302 e. The molecule has 0 bridgehead atoms. The summed E-state index contributed by atoms with van der Waals surface area (Å²) in [6.45, 7) is 2.24. The first-order valence-corrected chi connectivity index (χ1v) is 8.59. The van der Waals surface area contributed by atoms with Gasteiger partial charge < -0.3 is 5.32 Å². The number of thiophene rings is 1. The first-order valence-electron chi connectivity index (χ1n) is 7.71. The van der Waals surface area contributed by atoms with Gasteiger partial charge in [0.15, 0.2) is 0 Å². The summed E-state index contributed by atoms with van der Waals surface area (Å²) in [5.41, 5.74) is 2.70. The predicted molar refractivity (Wildman–Crippen MR) is 95.2 cm³/mol. The van der Waals surface area contributed by atoms with Crippen molar-refractivity contribution in [2.24, 2.45) is 0 Å². The Hall–Kier alpha value is -1.90. The fraction of sp³-hybridized carbons (Fsp3) is 0.200. The lowest BCUT2D eigenvalue weighted by molar-refractivity contribution is 0.470. The van der Waals surface area contributed by atoms with Crippen molar-refractivity contribution in [2.45, 2.75) is 25.4 Å². The van der Waals surface area contributed by atoms with E-state index in [0.717, 1.165) is 6.42 Å². The van der Waals surface area contributed by atoms with Gasteiger partial charge >= 0.3 is 0 Å². The summed E-state index contributed by atoms with van der Waals surface area (Å²) in [5.74, 6) is 0. The molecule has 0 aliphatic rings. The molecule has 112 valence electrons. The summed E-state index contributed by atoms with van der Waals surface area (Å²) in [6.07, 6.45) is 1.01. The van der Waals surface area contributed by atoms with Crippen LogP contribution in [0.1, 0.15) is 35.0 Å². The fourth-order valence-corrected chi connectivity index (χ4v) is 3.51. The summed E-state index contributed by atoms with van der Waals surface area (Å²) in [6, 6.07) is 26.4. The molecule has 0 radical (unpaired) electrons. The normalized spacial score (nSPS) is 13.7. The number of rotatable bonds is 6. The Morgan fingerprint density at radius 1 is 0.864 bits per heavy atom. The monoisotopic (exact) mass is 307 g/mol. The summed E-state index contributed by atoms with van der Waals surface area (Å²) in [5, 5.41) is 5.95. The Labute approximate surface area is 136 Å². The summed E-state index contributed by atoms with van der Waals surface area (Å²) in [4.78, 5) is 1.40. The van der Waals surface area contributed by atoms with Crippen LogP contribution in [0.4, 0.5) is 0 Å². The van der Waals surface area contributed by atoms with Gasteiger partial charge in [0, 0.05) is 17.0 Å². The van der Waals surface area contributed by atoms with Crippen molar-refractivity contribution >= 4 is 11.3 Å². The van der Waals surface area contributed by atoms with Gasteiger partial charge in [-0.25, -0.2) is 0 Å². The zero-order valence-electron chi connectivity index (χ0n) is 12.8. The van der Waals surface area contributed by atoms with Crippen LogP contribution in [0.15, 0.2) is 78.2 Å². The molecule has 0 spiro atoms. The Balaban J connectivity index is 1.77. The van der Waals surface area contributed by atoms with Gasteiger partial charge in [0.05, 0.1) is 0 Å². The number of nitrogens with one attached hydrogen (secondary N) is 1. The van der Waals surface area contributed by atoms with E-state index in [0.29, 0.717) is 12.1 Å². The lowest BCUT2D eigenvalue weighted by atomic mass is 10.0. The van der Waals surface area contributed by atoms with Gasteiger partial charge in [0.1, 0.15) is 0 Å². The van der Waals surface area contributed by atoms with Crippen LogP contribution in [0.3, 0.4) is 0 Å². The third-order valence-corrected chi connectivity index (χ3v) is 4.91. The molecule has 1 nitrogen and oxygen atoms in total. The van der Waals surface area contributed by atoms with Gasteiger partial charge in [-0.1, -0.05) is 66.7 Å². The van der Waals surface area contributed by atoms with E-state index in [1.54, 1.807) is 0 Å². The third kappa shape index (κ3) is 3.85. The summed E-state index contributed by atoms with van der Waals surface area (Å²) < 4.78 is 0. The Bertz CT molecular complexity index is 661. The minimum Gasteiger partial charge on any atom is -0.302 e. The fourth-order valence-electron chi connectivity index (χ4n) is 2.72. The molecule has 1 aromatic heterocycles. The van der Waals surface area contributed by atoms with E-state index in [2.05, 4.69) is 90.4 Å². The zero-order chi connectivity index (χ0) is 15.2. The van der Waals surface area contributed by atoms with Crippen molar-refractivity contribution in [3.63, 3.8) is 0 Å². The maximum atomic E-state index is 3.79. The smallest absolute Gasteiger partial charge is 0.0460 e. The van der Waals surface area contributed by atoms with Crippen molar-refractivity contribution in [1.82, 2.24) is 5.32 Å². The highest BCUT2D eigenvalue weighted by atomic mass is 32.1. The molecule has 0 amide bonds. The second-order valence-electron chi connectivity index (χ2n) is 5.56. The molecule has 0 aliphatic heterocycles. The summed E-state index contributed by atoms with van der Waals surface area (Å²) >= 11 is 1.82. The van der Waals surface area contributed by atoms with Crippen molar-refractivity contribution in [2.75, 3.05) is 0 Å². The minimum absolute atomic E-state index is 0.331. The predicted octanol–water partition coefficient (Wildman–Crippen LogP) is 5.38. The molecule has 0 aliphatic carbocycles. The Morgan fingerprint density at radius 2 is 1.55 bits per heavy atom. The Morgan fingerprint density at radius 3 is 2.18 bits per heavy atom. The highest BCUT2D eigenvalue weighted by molar-refractivity contribution is 7.10. The van der Waals surface area contributed by atoms with E-state index < -0.39 is 0 Å². The number of benzene rings is 2. The Kier molecular flexibility index (Phi) is 5.04. The molecule has 3 aromatic rings. The molecule has 1 heterocycles. The second-order valence-corrected chi connectivity index (χ2v) is 6.54. The van der Waals surface area contributed by atoms with Crippen LogP contribution in [-0.4, -0.2) is 0 Å². The van der Waals surface area contributed by atoms with Crippen LogP contribution in [0.25, 0.3) is 0 Å². The molecule has 3 rings (SSSR count). The molecule has 2 atom stereocenters. The van der Waals surface area contributed by atoms with Crippen LogP contribution in [0.5, 0.6) is 0 Å². The molecule has 2 heteroatoms. The molecule has 0 fully saturated rings. The van der Waals surface area contributed by atoms with E-state index >= 15 is 0 Å². The molecule has 0 saturated heterocycles. The molecule has 2 aromatic carbocycles. The van der Waals surface area contributed by atoms with Gasteiger partial charge in [0.2, 0.25) is 0 Å². The first-order chi connectivity index (χ1) is 10.8. The molecule has 22 heavy (non-hydrogen) atoms. The van der Waals surface area contributed by atoms with Gasteiger partial charge in [-0.2, -0.15) is 0 Å². The standard InChI is InChI=1S/C20H21NS/c1-16(18-11-6-3-7-12-18)21-19(20-13-8-14-22-20)15-17-9-4-2-5-10-17/h2-14,16,19,21H,15H2,1H3/t16-,19?/m1/s1. The van der Waals surface area contributed by atoms with Crippen LogP contribution in [-0.2, 0) is 6.42 Å². The topological polar surface area (TPSA) is 12.0 Å². The lowest BCUT2D eigenvalue weighted by Crippen LogP contribution is -2.25. The van der Waals surface area contributed by atoms with Crippen molar-refractivity contribution in [1.29, 1.82) is 0 Å². The van der Waals surface area contributed by atoms with Crippen LogP contribution >= 0.6 is 11.3 Å². The van der Waals surface area contributed by atoms with Gasteiger partial charge in [-0.15, -0.1) is 11.3 Å². The molecule has 1 unspecified atom stereocenters. The van der Waals surface area contributed by atoms with Crippen LogP contribution in [0, 0.1) is 0 Å². The van der Waals surface area contributed by atoms with Gasteiger partial charge in [-0.3, -0.25) is 0 Å². The van der Waals surface area contributed by atoms with E-state index in [4.69, 9.17) is 0 Å². The molecular formula is C20H21NS. The molecule has 1 N–H and O–H groups in total. The SMILES string of the molecule is C[C@@H](NC(Cc1ccccc1)c1cccs1)c1ccccc1. The summed E-state index contributed by atoms with van der Waals surface area (Å²) in [7, 11) is 0. The third-order valence-electron chi connectivity index (χ3n) is 3.92. The first kappa shape index (κ1) is 15.0. The van der Waals surface area contributed by atoms with E-state index in [-0.39, 0.29) is 0 Å². The number of hydrogen-bond acceptors (Lipinski definition) is 2. The van der Waals surface area contributed by atoms with Crippen molar-refractivity contribution in [3.8, 4) is 0 Å². The van der Waals surface area contributed by atoms with Gasteiger partial charge in [-0.05, 0) is 35.9 Å². The van der Waals surface area contributed by atoms with Crippen LogP contribution < -0.4 is 5.32 Å². The van der Waals surface area contributed by atoms with E-state index in [1.165, 1.54) is 16.0 Å². The zero-order valence-corrected chi connectivity index (χ0v) is 13.6. The maximum Gasteiger partial charge on any atom is 0.0460 e. The highest BCUT2D eigenvalue weighted by Crippen LogP contribution is 2.26. The second kappa shape index (κ2) is 7.39. The highest BCUT2D eigenvalue weighted by Gasteiger charge is 2.16. The minimum atomic E-state index is 0.331. The van der Waals surface area contributed by atoms with Crippen LogP contribution in [0.2, 0.25) is 0 Å². The molecular weight excluding hydrogens is 286 g/mol. The van der Waals surface area contributed by atoms with E-state index in [9.17, 15) is 0 Å². The van der Waals surface area contributed by atoms with E-state index in [1.807, 2.05) is 11.3 Å². The van der Waals surface area contributed by atoms with Crippen molar-refractivity contribution in [3.05, 3.63) is 94.2 Å². The average molecular weight is 307 g/mol.